The normalized spacial score (nSPS) is 21.1. The van der Waals surface area contributed by atoms with Crippen molar-refractivity contribution in [2.45, 2.75) is 44.6 Å². The lowest BCUT2D eigenvalue weighted by Gasteiger charge is -2.19. The van der Waals surface area contributed by atoms with Crippen LogP contribution < -0.4 is 9.64 Å². The van der Waals surface area contributed by atoms with Gasteiger partial charge >= 0.3 is 0 Å². The first kappa shape index (κ1) is 10.9. The van der Waals surface area contributed by atoms with Crippen molar-refractivity contribution in [2.75, 3.05) is 18.0 Å². The fourth-order valence-electron chi connectivity index (χ4n) is 2.93. The van der Waals surface area contributed by atoms with Crippen LogP contribution in [0, 0.1) is 0 Å². The monoisotopic (exact) mass is 231 g/mol. The minimum atomic E-state index is 0.462. The zero-order valence-electron chi connectivity index (χ0n) is 10.4. The van der Waals surface area contributed by atoms with Crippen molar-refractivity contribution in [1.29, 1.82) is 0 Å². The Labute approximate surface area is 104 Å². The molecule has 2 aliphatic rings. The number of nitrogens with zero attached hydrogens (tertiary/aromatic N) is 1. The third-order valence-electron chi connectivity index (χ3n) is 3.89. The number of anilines is 1. The van der Waals surface area contributed by atoms with Crippen LogP contribution in [0.5, 0.6) is 5.75 Å². The van der Waals surface area contributed by atoms with Crippen LogP contribution in [-0.4, -0.2) is 19.2 Å². The Kier molecular flexibility index (Phi) is 3.21. The molecule has 0 amide bonds. The van der Waals surface area contributed by atoms with Crippen LogP contribution in [0.25, 0.3) is 0 Å². The molecular formula is C15H21NO. The highest BCUT2D eigenvalue weighted by Crippen LogP contribution is 2.28. The average Bonchev–Trinajstić information content (AvgIpc) is 3.01. The number of benzene rings is 1. The van der Waals surface area contributed by atoms with E-state index in [0.717, 1.165) is 5.75 Å². The van der Waals surface area contributed by atoms with Gasteiger partial charge in [-0.1, -0.05) is 6.07 Å². The lowest BCUT2D eigenvalue weighted by molar-refractivity contribution is 0.210. The maximum Gasteiger partial charge on any atom is 0.121 e. The molecule has 1 aliphatic carbocycles. The second kappa shape index (κ2) is 4.99. The van der Waals surface area contributed by atoms with Crippen LogP contribution in [-0.2, 0) is 0 Å². The number of hydrogen-bond donors (Lipinski definition) is 0. The zero-order chi connectivity index (χ0) is 11.5. The molecule has 17 heavy (non-hydrogen) atoms. The third kappa shape index (κ3) is 2.56. The summed E-state index contributed by atoms with van der Waals surface area (Å²) < 4.78 is 6.05. The number of rotatable bonds is 3. The maximum atomic E-state index is 6.05. The highest BCUT2D eigenvalue weighted by atomic mass is 16.5. The molecule has 1 saturated carbocycles. The van der Waals surface area contributed by atoms with Gasteiger partial charge in [0.25, 0.3) is 0 Å². The summed E-state index contributed by atoms with van der Waals surface area (Å²) in [4.78, 5) is 2.46. The Bertz CT molecular complexity index is 365. The molecule has 2 heteroatoms. The van der Waals surface area contributed by atoms with Crippen molar-refractivity contribution in [3.05, 3.63) is 24.3 Å². The first-order chi connectivity index (χ1) is 8.42. The minimum Gasteiger partial charge on any atom is -0.490 e. The van der Waals surface area contributed by atoms with Gasteiger partial charge in [0, 0.05) is 24.8 Å². The summed E-state index contributed by atoms with van der Waals surface area (Å²) in [6.07, 6.45) is 8.24. The van der Waals surface area contributed by atoms with Gasteiger partial charge in [-0.3, -0.25) is 0 Å². The lowest BCUT2D eigenvalue weighted by atomic mass is 10.2. The summed E-state index contributed by atoms with van der Waals surface area (Å²) in [5.74, 6) is 1.06. The van der Waals surface area contributed by atoms with Gasteiger partial charge in [-0.2, -0.15) is 0 Å². The molecule has 1 aliphatic heterocycles. The van der Waals surface area contributed by atoms with Crippen LogP contribution in [0.4, 0.5) is 5.69 Å². The first-order valence-corrected chi connectivity index (χ1v) is 6.93. The predicted octanol–water partition coefficient (Wildman–Crippen LogP) is 3.61. The van der Waals surface area contributed by atoms with Crippen molar-refractivity contribution >= 4 is 5.69 Å². The topological polar surface area (TPSA) is 12.5 Å². The predicted molar refractivity (Wildman–Crippen MR) is 70.8 cm³/mol. The molecule has 1 heterocycles. The van der Waals surface area contributed by atoms with Crippen LogP contribution >= 0.6 is 0 Å². The van der Waals surface area contributed by atoms with E-state index in [4.69, 9.17) is 4.74 Å². The molecule has 92 valence electrons. The van der Waals surface area contributed by atoms with E-state index in [0.29, 0.717) is 6.10 Å². The fraction of sp³-hybridized carbons (Fsp3) is 0.600. The summed E-state index contributed by atoms with van der Waals surface area (Å²) in [5.41, 5.74) is 1.33. The van der Waals surface area contributed by atoms with Crippen molar-refractivity contribution in [3.63, 3.8) is 0 Å². The molecule has 0 radical (unpaired) electrons. The molecule has 0 N–H and O–H groups in total. The molecule has 0 atom stereocenters. The van der Waals surface area contributed by atoms with Gasteiger partial charge in [0.05, 0.1) is 6.10 Å². The van der Waals surface area contributed by atoms with Crippen molar-refractivity contribution in [1.82, 2.24) is 0 Å². The molecule has 1 aromatic rings. The highest BCUT2D eigenvalue weighted by Gasteiger charge is 2.17. The maximum absolute atomic E-state index is 6.05. The van der Waals surface area contributed by atoms with E-state index in [1.165, 1.54) is 57.3 Å². The molecule has 3 rings (SSSR count). The molecule has 2 nitrogen and oxygen atoms in total. The number of hydrogen-bond acceptors (Lipinski definition) is 2. The van der Waals surface area contributed by atoms with Crippen LogP contribution in [0.3, 0.4) is 0 Å². The Balaban J connectivity index is 1.69. The zero-order valence-corrected chi connectivity index (χ0v) is 10.4. The van der Waals surface area contributed by atoms with Crippen molar-refractivity contribution in [2.24, 2.45) is 0 Å². The third-order valence-corrected chi connectivity index (χ3v) is 3.89. The van der Waals surface area contributed by atoms with Gasteiger partial charge in [-0.15, -0.1) is 0 Å². The first-order valence-electron chi connectivity index (χ1n) is 6.93. The summed E-state index contributed by atoms with van der Waals surface area (Å²) in [5, 5.41) is 0. The van der Waals surface area contributed by atoms with Gasteiger partial charge < -0.3 is 9.64 Å². The Morgan fingerprint density at radius 2 is 1.76 bits per heavy atom. The molecule has 0 unspecified atom stereocenters. The average molecular weight is 231 g/mol. The molecule has 2 fully saturated rings. The Hall–Kier alpha value is -1.18. The minimum absolute atomic E-state index is 0.462. The Morgan fingerprint density at radius 3 is 2.53 bits per heavy atom. The number of ether oxygens (including phenoxy) is 1. The standard InChI is InChI=1S/C15H21NO/c1-2-8-14(7-1)17-15-9-5-6-13(12-15)16-10-3-4-11-16/h5-6,9,12,14H,1-4,7-8,10-11H2. The van der Waals surface area contributed by atoms with Gasteiger partial charge in [-0.05, 0) is 50.7 Å². The lowest BCUT2D eigenvalue weighted by Crippen LogP contribution is -2.18. The van der Waals surface area contributed by atoms with E-state index in [2.05, 4.69) is 29.2 Å². The van der Waals surface area contributed by atoms with Gasteiger partial charge in [0.15, 0.2) is 0 Å². The van der Waals surface area contributed by atoms with Gasteiger partial charge in [0.1, 0.15) is 5.75 Å². The van der Waals surface area contributed by atoms with E-state index in [9.17, 15) is 0 Å². The van der Waals surface area contributed by atoms with Crippen molar-refractivity contribution < 1.29 is 4.74 Å². The SMILES string of the molecule is c1cc(OC2CCCC2)cc(N2CCCC2)c1. The second-order valence-corrected chi connectivity index (χ2v) is 5.22. The van der Waals surface area contributed by atoms with Gasteiger partial charge in [-0.25, -0.2) is 0 Å². The van der Waals surface area contributed by atoms with Crippen LogP contribution in [0.15, 0.2) is 24.3 Å². The summed E-state index contributed by atoms with van der Waals surface area (Å²) in [6.45, 7) is 2.40. The molecule has 1 saturated heterocycles. The molecule has 1 aromatic carbocycles. The van der Waals surface area contributed by atoms with Crippen LogP contribution in [0.1, 0.15) is 38.5 Å². The fourth-order valence-corrected chi connectivity index (χ4v) is 2.93. The second-order valence-electron chi connectivity index (χ2n) is 5.22. The van der Waals surface area contributed by atoms with Gasteiger partial charge in [0.2, 0.25) is 0 Å². The smallest absolute Gasteiger partial charge is 0.121 e. The van der Waals surface area contributed by atoms with Crippen molar-refractivity contribution in [3.8, 4) is 5.75 Å². The van der Waals surface area contributed by atoms with E-state index < -0.39 is 0 Å². The van der Waals surface area contributed by atoms with E-state index in [-0.39, 0.29) is 0 Å². The van der Waals surface area contributed by atoms with E-state index in [1.54, 1.807) is 0 Å². The largest absolute Gasteiger partial charge is 0.490 e. The summed E-state index contributed by atoms with van der Waals surface area (Å²) >= 11 is 0. The highest BCUT2D eigenvalue weighted by molar-refractivity contribution is 5.51. The Morgan fingerprint density at radius 1 is 1.00 bits per heavy atom. The summed E-state index contributed by atoms with van der Waals surface area (Å²) in [6, 6.07) is 8.63. The summed E-state index contributed by atoms with van der Waals surface area (Å²) in [7, 11) is 0. The molecular weight excluding hydrogens is 210 g/mol. The molecule has 0 spiro atoms. The van der Waals surface area contributed by atoms with E-state index in [1.807, 2.05) is 0 Å². The molecule has 0 aromatic heterocycles. The molecule has 0 bridgehead atoms. The van der Waals surface area contributed by atoms with E-state index >= 15 is 0 Å². The van der Waals surface area contributed by atoms with Crippen LogP contribution in [0.2, 0.25) is 0 Å². The quantitative estimate of drug-likeness (QED) is 0.788.